The fourth-order valence-corrected chi connectivity index (χ4v) is 1.08. The van der Waals surface area contributed by atoms with Gasteiger partial charge in [0.1, 0.15) is 0 Å². The minimum atomic E-state index is 1.08. The normalized spacial score (nSPS) is 10.9. The summed E-state index contributed by atoms with van der Waals surface area (Å²) < 4.78 is 0. The molecular weight excluding hydrogens is 244 g/mol. The first-order valence-electron chi connectivity index (χ1n) is 3.18. The highest BCUT2D eigenvalue weighted by molar-refractivity contribution is 9.09. The smallest absolute Gasteiger partial charge is 0.00659 e. The summed E-state index contributed by atoms with van der Waals surface area (Å²) in [4.78, 5) is 0. The Hall–Kier alpha value is 0.700. The molecule has 0 radical (unpaired) electrons. The van der Waals surface area contributed by atoms with Gasteiger partial charge in [-0.25, -0.2) is 0 Å². The molecule has 0 aliphatic heterocycles. The second-order valence-corrected chi connectivity index (χ2v) is 3.37. The minimum absolute atomic E-state index is 1.08. The van der Waals surface area contributed by atoms with Gasteiger partial charge < -0.3 is 0 Å². The van der Waals surface area contributed by atoms with Crippen LogP contribution in [0.2, 0.25) is 0 Å². The van der Waals surface area contributed by atoms with Crippen molar-refractivity contribution < 1.29 is 0 Å². The molecule has 0 heterocycles. The molecule has 54 valence electrons. The van der Waals surface area contributed by atoms with E-state index in [2.05, 4.69) is 44.0 Å². The average molecular weight is 256 g/mol. The van der Waals surface area contributed by atoms with Crippen LogP contribution >= 0.6 is 31.9 Å². The van der Waals surface area contributed by atoms with E-state index < -0.39 is 0 Å². The standard InChI is InChI=1S/C7H12Br2/c8-6-4-2-1-3-5-7-9/h1-2H,3-7H2. The van der Waals surface area contributed by atoms with E-state index in [-0.39, 0.29) is 0 Å². The van der Waals surface area contributed by atoms with Crippen molar-refractivity contribution in [2.45, 2.75) is 19.3 Å². The maximum atomic E-state index is 3.38. The molecule has 9 heavy (non-hydrogen) atoms. The molecular formula is C7H12Br2. The Morgan fingerprint density at radius 3 is 2.11 bits per heavy atom. The van der Waals surface area contributed by atoms with Crippen LogP contribution in [-0.2, 0) is 0 Å². The third-order valence-corrected chi connectivity index (χ3v) is 1.97. The number of halogens is 2. The second-order valence-electron chi connectivity index (χ2n) is 1.78. The van der Waals surface area contributed by atoms with E-state index in [0.29, 0.717) is 0 Å². The van der Waals surface area contributed by atoms with Crippen LogP contribution < -0.4 is 0 Å². The zero-order valence-electron chi connectivity index (χ0n) is 5.45. The molecule has 0 saturated heterocycles. The summed E-state index contributed by atoms with van der Waals surface area (Å²) >= 11 is 6.73. The lowest BCUT2D eigenvalue weighted by Gasteiger charge is -1.85. The van der Waals surface area contributed by atoms with E-state index in [4.69, 9.17) is 0 Å². The van der Waals surface area contributed by atoms with Gasteiger partial charge in [0.2, 0.25) is 0 Å². The fraction of sp³-hybridized carbons (Fsp3) is 0.714. The van der Waals surface area contributed by atoms with Crippen LogP contribution in [0, 0.1) is 0 Å². The lowest BCUT2D eigenvalue weighted by atomic mass is 10.3. The lowest BCUT2D eigenvalue weighted by Crippen LogP contribution is -1.71. The van der Waals surface area contributed by atoms with Gasteiger partial charge in [0.05, 0.1) is 0 Å². The predicted octanol–water partition coefficient (Wildman–Crippen LogP) is 3.50. The minimum Gasteiger partial charge on any atom is -0.0928 e. The molecule has 0 aromatic heterocycles. The van der Waals surface area contributed by atoms with Gasteiger partial charge in [0, 0.05) is 10.7 Å². The van der Waals surface area contributed by atoms with E-state index in [1.165, 1.54) is 12.8 Å². The van der Waals surface area contributed by atoms with Crippen LogP contribution in [-0.4, -0.2) is 10.7 Å². The number of alkyl halides is 2. The Morgan fingerprint density at radius 2 is 1.56 bits per heavy atom. The number of hydrogen-bond donors (Lipinski definition) is 0. The highest BCUT2D eigenvalue weighted by Crippen LogP contribution is 1.96. The number of hydrogen-bond acceptors (Lipinski definition) is 0. The van der Waals surface area contributed by atoms with Gasteiger partial charge >= 0.3 is 0 Å². The van der Waals surface area contributed by atoms with Crippen LogP contribution in [0.3, 0.4) is 0 Å². The molecule has 0 bridgehead atoms. The molecule has 0 aliphatic rings. The van der Waals surface area contributed by atoms with Crippen molar-refractivity contribution in [2.75, 3.05) is 10.7 Å². The third-order valence-electron chi connectivity index (χ3n) is 0.947. The Kier molecular flexibility index (Phi) is 9.38. The summed E-state index contributed by atoms with van der Waals surface area (Å²) in [5.74, 6) is 0. The highest BCUT2D eigenvalue weighted by atomic mass is 79.9. The monoisotopic (exact) mass is 254 g/mol. The molecule has 0 fully saturated rings. The summed E-state index contributed by atoms with van der Waals surface area (Å²) in [6, 6.07) is 0. The molecule has 0 saturated carbocycles. The van der Waals surface area contributed by atoms with Crippen LogP contribution in [0.5, 0.6) is 0 Å². The van der Waals surface area contributed by atoms with E-state index >= 15 is 0 Å². The van der Waals surface area contributed by atoms with Gasteiger partial charge in [-0.1, -0.05) is 44.0 Å². The van der Waals surface area contributed by atoms with Crippen molar-refractivity contribution >= 4 is 31.9 Å². The molecule has 0 unspecified atom stereocenters. The predicted molar refractivity (Wildman–Crippen MR) is 50.6 cm³/mol. The second kappa shape index (κ2) is 8.70. The van der Waals surface area contributed by atoms with Gasteiger partial charge in [0.15, 0.2) is 0 Å². The average Bonchev–Trinajstić information content (AvgIpc) is 1.89. The maximum Gasteiger partial charge on any atom is 0.00659 e. The Labute approximate surface area is 74.0 Å². The highest BCUT2D eigenvalue weighted by Gasteiger charge is 1.77. The Bertz CT molecular complexity index is 69.3. The molecule has 0 aliphatic carbocycles. The maximum absolute atomic E-state index is 3.38. The lowest BCUT2D eigenvalue weighted by molar-refractivity contribution is 0.972. The van der Waals surface area contributed by atoms with Crippen molar-refractivity contribution in [1.82, 2.24) is 0 Å². The van der Waals surface area contributed by atoms with Crippen LogP contribution in [0.15, 0.2) is 12.2 Å². The van der Waals surface area contributed by atoms with E-state index in [1.807, 2.05) is 0 Å². The summed E-state index contributed by atoms with van der Waals surface area (Å²) in [5, 5.41) is 2.20. The quantitative estimate of drug-likeness (QED) is 0.401. The number of unbranched alkanes of at least 4 members (excludes halogenated alkanes) is 1. The molecule has 2 heteroatoms. The van der Waals surface area contributed by atoms with Crippen LogP contribution in [0.25, 0.3) is 0 Å². The van der Waals surface area contributed by atoms with Crippen LogP contribution in [0.1, 0.15) is 19.3 Å². The first-order chi connectivity index (χ1) is 4.41. The first kappa shape index (κ1) is 9.70. The van der Waals surface area contributed by atoms with Gasteiger partial charge in [-0.05, 0) is 19.3 Å². The zero-order valence-corrected chi connectivity index (χ0v) is 8.62. The molecule has 0 spiro atoms. The Balaban J connectivity index is 2.86. The zero-order chi connectivity index (χ0) is 6.95. The molecule has 0 rings (SSSR count). The van der Waals surface area contributed by atoms with Crippen molar-refractivity contribution in [3.05, 3.63) is 12.2 Å². The molecule has 0 amide bonds. The summed E-state index contributed by atoms with van der Waals surface area (Å²) in [5.41, 5.74) is 0. The van der Waals surface area contributed by atoms with Crippen molar-refractivity contribution in [3.63, 3.8) is 0 Å². The van der Waals surface area contributed by atoms with Gasteiger partial charge in [0.25, 0.3) is 0 Å². The summed E-state index contributed by atoms with van der Waals surface area (Å²) in [7, 11) is 0. The van der Waals surface area contributed by atoms with Crippen molar-refractivity contribution in [1.29, 1.82) is 0 Å². The summed E-state index contributed by atoms with van der Waals surface area (Å²) in [6.45, 7) is 0. The molecule has 0 nitrogen and oxygen atoms in total. The Morgan fingerprint density at radius 1 is 0.889 bits per heavy atom. The van der Waals surface area contributed by atoms with Crippen LogP contribution in [0.4, 0.5) is 0 Å². The number of rotatable bonds is 5. The number of allylic oxidation sites excluding steroid dienone is 2. The molecule has 0 N–H and O–H groups in total. The van der Waals surface area contributed by atoms with Gasteiger partial charge in [-0.15, -0.1) is 0 Å². The molecule has 0 aromatic rings. The van der Waals surface area contributed by atoms with Gasteiger partial charge in [-0.2, -0.15) is 0 Å². The molecule has 0 atom stereocenters. The van der Waals surface area contributed by atoms with E-state index in [9.17, 15) is 0 Å². The topological polar surface area (TPSA) is 0 Å². The summed E-state index contributed by atoms with van der Waals surface area (Å²) in [6.07, 6.45) is 8.07. The third kappa shape index (κ3) is 8.70. The largest absolute Gasteiger partial charge is 0.0928 e. The van der Waals surface area contributed by atoms with E-state index in [0.717, 1.165) is 17.1 Å². The van der Waals surface area contributed by atoms with Crippen molar-refractivity contribution in [3.8, 4) is 0 Å². The molecule has 0 aromatic carbocycles. The first-order valence-corrected chi connectivity index (χ1v) is 5.43. The fourth-order valence-electron chi connectivity index (χ4n) is 0.494. The SMILES string of the molecule is BrCCC=CCCCBr. The van der Waals surface area contributed by atoms with E-state index in [1.54, 1.807) is 0 Å². The van der Waals surface area contributed by atoms with Crippen molar-refractivity contribution in [2.24, 2.45) is 0 Å². The van der Waals surface area contributed by atoms with Gasteiger partial charge in [-0.3, -0.25) is 0 Å².